The predicted octanol–water partition coefficient (Wildman–Crippen LogP) is 5.71. The Labute approximate surface area is 208 Å². The average molecular weight is 487 g/mol. The first kappa shape index (κ1) is 22.9. The van der Waals surface area contributed by atoms with E-state index in [1.165, 1.54) is 0 Å². The highest BCUT2D eigenvalue weighted by molar-refractivity contribution is 7.13. The molecule has 35 heavy (non-hydrogen) atoms. The zero-order valence-corrected chi connectivity index (χ0v) is 20.7. The zero-order chi connectivity index (χ0) is 24.4. The van der Waals surface area contributed by atoms with Gasteiger partial charge in [0.2, 0.25) is 5.91 Å². The summed E-state index contributed by atoms with van der Waals surface area (Å²) in [6.45, 7) is 1.86. The molecular formula is C27H26N4O3S. The van der Waals surface area contributed by atoms with E-state index in [1.807, 2.05) is 77.8 Å². The van der Waals surface area contributed by atoms with Crippen LogP contribution in [0.1, 0.15) is 36.9 Å². The van der Waals surface area contributed by atoms with Crippen molar-refractivity contribution in [3.63, 3.8) is 0 Å². The van der Waals surface area contributed by atoms with Crippen LogP contribution in [-0.2, 0) is 4.79 Å². The lowest BCUT2D eigenvalue weighted by Gasteiger charge is -2.21. The summed E-state index contributed by atoms with van der Waals surface area (Å²) in [4.78, 5) is 14.1. The van der Waals surface area contributed by atoms with Crippen molar-refractivity contribution in [1.29, 1.82) is 0 Å². The number of ether oxygens (including phenoxy) is 2. The Morgan fingerprint density at radius 2 is 1.91 bits per heavy atom. The van der Waals surface area contributed by atoms with E-state index < -0.39 is 0 Å². The van der Waals surface area contributed by atoms with Gasteiger partial charge in [0.15, 0.2) is 0 Å². The van der Waals surface area contributed by atoms with E-state index in [4.69, 9.17) is 19.7 Å². The summed E-state index contributed by atoms with van der Waals surface area (Å²) in [6, 6.07) is 19.4. The average Bonchev–Trinajstić information content (AvgIpc) is 3.67. The van der Waals surface area contributed by atoms with Gasteiger partial charge in [-0.15, -0.1) is 11.3 Å². The predicted molar refractivity (Wildman–Crippen MR) is 137 cm³/mol. The molecule has 1 atom stereocenters. The first-order chi connectivity index (χ1) is 17.1. The van der Waals surface area contributed by atoms with Gasteiger partial charge < -0.3 is 9.47 Å². The number of methoxy groups -OCH3 is 2. The van der Waals surface area contributed by atoms with Gasteiger partial charge in [-0.1, -0.05) is 31.2 Å². The SMILES string of the molecule is CCC(=O)N1N=C(c2ccc(OC)cc2OC)CC1c1cn(-c2ccccc2)nc1-c1cccs1. The summed E-state index contributed by atoms with van der Waals surface area (Å²) in [5.41, 5.74) is 4.42. The summed E-state index contributed by atoms with van der Waals surface area (Å²) < 4.78 is 12.9. The highest BCUT2D eigenvalue weighted by Gasteiger charge is 2.36. The molecule has 1 aliphatic heterocycles. The molecule has 4 aromatic rings. The molecule has 1 aliphatic rings. The number of amides is 1. The largest absolute Gasteiger partial charge is 0.497 e. The molecule has 1 amide bonds. The number of para-hydroxylation sites is 1. The Kier molecular flexibility index (Phi) is 6.37. The van der Waals surface area contributed by atoms with Crippen LogP contribution >= 0.6 is 11.3 Å². The van der Waals surface area contributed by atoms with Gasteiger partial charge in [-0.25, -0.2) is 9.69 Å². The third kappa shape index (κ3) is 4.33. The minimum absolute atomic E-state index is 0.0398. The summed E-state index contributed by atoms with van der Waals surface area (Å²) in [6.07, 6.45) is 2.93. The maximum Gasteiger partial charge on any atom is 0.242 e. The van der Waals surface area contributed by atoms with Crippen LogP contribution < -0.4 is 9.47 Å². The van der Waals surface area contributed by atoms with E-state index in [0.29, 0.717) is 24.3 Å². The van der Waals surface area contributed by atoms with Gasteiger partial charge in [0.1, 0.15) is 17.2 Å². The highest BCUT2D eigenvalue weighted by Crippen LogP contribution is 2.41. The first-order valence-electron chi connectivity index (χ1n) is 11.4. The van der Waals surface area contributed by atoms with Crippen molar-refractivity contribution >= 4 is 23.0 Å². The van der Waals surface area contributed by atoms with Gasteiger partial charge >= 0.3 is 0 Å². The number of rotatable bonds is 7. The van der Waals surface area contributed by atoms with Crippen molar-refractivity contribution in [2.45, 2.75) is 25.8 Å². The van der Waals surface area contributed by atoms with E-state index >= 15 is 0 Å². The van der Waals surface area contributed by atoms with E-state index in [9.17, 15) is 4.79 Å². The molecule has 0 aliphatic carbocycles. The lowest BCUT2D eigenvalue weighted by molar-refractivity contribution is -0.132. The second kappa shape index (κ2) is 9.76. The number of carbonyl (C=O) groups is 1. The van der Waals surface area contributed by atoms with Crippen LogP contribution in [0.2, 0.25) is 0 Å². The maximum atomic E-state index is 13.0. The van der Waals surface area contributed by atoms with E-state index in [-0.39, 0.29) is 11.9 Å². The fraction of sp³-hybridized carbons (Fsp3) is 0.222. The number of carbonyl (C=O) groups excluding carboxylic acids is 1. The molecule has 8 heteroatoms. The monoisotopic (exact) mass is 486 g/mol. The molecule has 2 aromatic heterocycles. The molecule has 0 N–H and O–H groups in total. The van der Waals surface area contributed by atoms with Gasteiger partial charge in [-0.05, 0) is 35.7 Å². The first-order valence-corrected chi connectivity index (χ1v) is 12.3. The van der Waals surface area contributed by atoms with Crippen molar-refractivity contribution in [2.24, 2.45) is 5.10 Å². The van der Waals surface area contributed by atoms with Crippen LogP contribution in [0.5, 0.6) is 11.5 Å². The number of hydrogen-bond donors (Lipinski definition) is 0. The molecule has 3 heterocycles. The minimum atomic E-state index is -0.279. The molecule has 0 spiro atoms. The fourth-order valence-corrected chi connectivity index (χ4v) is 5.02. The molecule has 178 valence electrons. The number of hydrazone groups is 1. The minimum Gasteiger partial charge on any atom is -0.497 e. The lowest BCUT2D eigenvalue weighted by atomic mass is 9.97. The molecule has 5 rings (SSSR count). The number of thiophene rings is 1. The third-order valence-electron chi connectivity index (χ3n) is 6.06. The number of hydrogen-bond acceptors (Lipinski definition) is 6. The molecule has 0 bridgehead atoms. The van der Waals surface area contributed by atoms with Crippen LogP contribution in [0.15, 0.2) is 77.3 Å². The molecule has 2 aromatic carbocycles. The third-order valence-corrected chi connectivity index (χ3v) is 6.94. The smallest absolute Gasteiger partial charge is 0.242 e. The van der Waals surface area contributed by atoms with Crippen LogP contribution in [0.25, 0.3) is 16.3 Å². The fourth-order valence-electron chi connectivity index (χ4n) is 4.29. The Morgan fingerprint density at radius 3 is 2.60 bits per heavy atom. The standard InChI is InChI=1S/C27H26N4O3S/c1-4-26(32)31-23(16-22(28-31)20-13-12-19(33-2)15-24(20)34-3)21-17-30(18-9-6-5-7-10-18)29-27(21)25-11-8-14-35-25/h5-15,17,23H,4,16H2,1-3H3. The molecular weight excluding hydrogens is 460 g/mol. The molecule has 7 nitrogen and oxygen atoms in total. The Balaban J connectivity index is 1.60. The van der Waals surface area contributed by atoms with Gasteiger partial charge in [0, 0.05) is 36.2 Å². The van der Waals surface area contributed by atoms with E-state index in [0.717, 1.165) is 33.1 Å². The molecule has 0 saturated heterocycles. The van der Waals surface area contributed by atoms with Gasteiger partial charge in [0.25, 0.3) is 0 Å². The van der Waals surface area contributed by atoms with Crippen LogP contribution in [0, 0.1) is 0 Å². The topological polar surface area (TPSA) is 69.0 Å². The summed E-state index contributed by atoms with van der Waals surface area (Å²) in [7, 11) is 3.24. The zero-order valence-electron chi connectivity index (χ0n) is 19.8. The normalized spacial score (nSPS) is 15.2. The van der Waals surface area contributed by atoms with Crippen molar-refractivity contribution in [1.82, 2.24) is 14.8 Å². The molecule has 1 unspecified atom stereocenters. The van der Waals surface area contributed by atoms with Crippen molar-refractivity contribution < 1.29 is 14.3 Å². The van der Waals surface area contributed by atoms with Crippen LogP contribution in [-0.4, -0.2) is 40.6 Å². The second-order valence-electron chi connectivity index (χ2n) is 8.12. The van der Waals surface area contributed by atoms with Gasteiger partial charge in [-0.2, -0.15) is 10.2 Å². The van der Waals surface area contributed by atoms with Crippen molar-refractivity contribution in [2.75, 3.05) is 14.2 Å². The summed E-state index contributed by atoms with van der Waals surface area (Å²) in [5, 5.41) is 13.4. The quantitative estimate of drug-likeness (QED) is 0.336. The summed E-state index contributed by atoms with van der Waals surface area (Å²) >= 11 is 1.63. The van der Waals surface area contributed by atoms with Crippen molar-refractivity contribution in [3.8, 4) is 27.8 Å². The van der Waals surface area contributed by atoms with Crippen molar-refractivity contribution in [3.05, 3.63) is 83.4 Å². The van der Waals surface area contributed by atoms with Crippen LogP contribution in [0.4, 0.5) is 0 Å². The number of aromatic nitrogens is 2. The van der Waals surface area contributed by atoms with E-state index in [2.05, 4.69) is 6.07 Å². The summed E-state index contributed by atoms with van der Waals surface area (Å²) in [5.74, 6) is 1.32. The highest BCUT2D eigenvalue weighted by atomic mass is 32.1. The van der Waals surface area contributed by atoms with E-state index in [1.54, 1.807) is 30.6 Å². The Hall–Kier alpha value is -3.91. The second-order valence-corrected chi connectivity index (χ2v) is 9.06. The number of benzene rings is 2. The Bertz CT molecular complexity index is 1360. The lowest BCUT2D eigenvalue weighted by Crippen LogP contribution is -2.26. The van der Waals surface area contributed by atoms with Gasteiger partial charge in [0.05, 0.1) is 36.5 Å². The number of nitrogens with zero attached hydrogens (tertiary/aromatic N) is 4. The maximum absolute atomic E-state index is 13.0. The van der Waals surface area contributed by atoms with Gasteiger partial charge in [-0.3, -0.25) is 4.79 Å². The molecule has 0 saturated carbocycles. The van der Waals surface area contributed by atoms with Crippen LogP contribution in [0.3, 0.4) is 0 Å². The Morgan fingerprint density at radius 1 is 1.09 bits per heavy atom. The molecule has 0 radical (unpaired) electrons. The molecule has 0 fully saturated rings.